The van der Waals surface area contributed by atoms with Crippen LogP contribution in [0.2, 0.25) is 0 Å². The summed E-state index contributed by atoms with van der Waals surface area (Å²) in [5, 5.41) is 7.09. The van der Waals surface area contributed by atoms with Crippen molar-refractivity contribution in [2.24, 2.45) is 0 Å². The maximum atomic E-state index is 13.8. The number of aryl methyl sites for hydroxylation is 1. The second-order valence-electron chi connectivity index (χ2n) is 6.06. The standard InChI is InChI=1S/C19H21FN4O2/c1-3-13(2)24-17(10-11-22-24)23-18(25)8-9-19-21-12-16(26-19)14-6-4-5-7-15(14)20/h4-7,10-13H,3,8-9H2,1-2H3,(H,23,25). The molecule has 0 spiro atoms. The molecule has 0 fully saturated rings. The predicted octanol–water partition coefficient (Wildman–Crippen LogP) is 4.22. The maximum absolute atomic E-state index is 13.8. The van der Waals surface area contributed by atoms with E-state index >= 15 is 0 Å². The van der Waals surface area contributed by atoms with Gasteiger partial charge in [0, 0.05) is 18.9 Å². The molecule has 0 aliphatic rings. The molecule has 1 unspecified atom stereocenters. The van der Waals surface area contributed by atoms with Crippen molar-refractivity contribution in [1.29, 1.82) is 0 Å². The van der Waals surface area contributed by atoms with Crippen molar-refractivity contribution in [2.75, 3.05) is 5.32 Å². The van der Waals surface area contributed by atoms with Crippen molar-refractivity contribution in [3.05, 3.63) is 54.4 Å². The average Bonchev–Trinajstić information content (AvgIpc) is 3.29. The van der Waals surface area contributed by atoms with E-state index in [1.807, 2.05) is 6.92 Å². The zero-order valence-corrected chi connectivity index (χ0v) is 14.8. The molecule has 0 aliphatic heterocycles. The normalized spacial score (nSPS) is 12.1. The molecule has 26 heavy (non-hydrogen) atoms. The maximum Gasteiger partial charge on any atom is 0.226 e. The van der Waals surface area contributed by atoms with Crippen LogP contribution in [-0.4, -0.2) is 20.7 Å². The lowest BCUT2D eigenvalue weighted by atomic mass is 10.2. The Balaban J connectivity index is 1.59. The van der Waals surface area contributed by atoms with Crippen LogP contribution in [0.5, 0.6) is 0 Å². The van der Waals surface area contributed by atoms with Crippen LogP contribution < -0.4 is 5.32 Å². The average molecular weight is 356 g/mol. The zero-order chi connectivity index (χ0) is 18.5. The Morgan fingerprint density at radius 3 is 2.92 bits per heavy atom. The molecular weight excluding hydrogens is 335 g/mol. The number of oxazole rings is 1. The van der Waals surface area contributed by atoms with E-state index in [0.717, 1.165) is 6.42 Å². The third kappa shape index (κ3) is 3.99. The Bertz CT molecular complexity index is 887. The van der Waals surface area contributed by atoms with Gasteiger partial charge in [0.1, 0.15) is 11.6 Å². The van der Waals surface area contributed by atoms with E-state index in [-0.39, 0.29) is 24.2 Å². The molecule has 2 aromatic heterocycles. The molecule has 6 nitrogen and oxygen atoms in total. The van der Waals surface area contributed by atoms with E-state index in [9.17, 15) is 9.18 Å². The molecule has 7 heteroatoms. The first kappa shape index (κ1) is 17.8. The number of hydrogen-bond acceptors (Lipinski definition) is 4. The summed E-state index contributed by atoms with van der Waals surface area (Å²) < 4.78 is 21.1. The molecule has 136 valence electrons. The lowest BCUT2D eigenvalue weighted by molar-refractivity contribution is -0.116. The smallest absolute Gasteiger partial charge is 0.226 e. The van der Waals surface area contributed by atoms with Gasteiger partial charge in [0.2, 0.25) is 5.91 Å². The highest BCUT2D eigenvalue weighted by Gasteiger charge is 2.14. The van der Waals surface area contributed by atoms with Crippen LogP contribution in [0, 0.1) is 5.82 Å². The fourth-order valence-corrected chi connectivity index (χ4v) is 2.57. The van der Waals surface area contributed by atoms with Crippen molar-refractivity contribution in [3.63, 3.8) is 0 Å². The zero-order valence-electron chi connectivity index (χ0n) is 14.8. The van der Waals surface area contributed by atoms with Crippen molar-refractivity contribution >= 4 is 11.7 Å². The van der Waals surface area contributed by atoms with Crippen LogP contribution >= 0.6 is 0 Å². The first-order chi connectivity index (χ1) is 12.6. The van der Waals surface area contributed by atoms with Crippen molar-refractivity contribution in [2.45, 2.75) is 39.2 Å². The fraction of sp³-hybridized carbons (Fsp3) is 0.316. The van der Waals surface area contributed by atoms with Crippen LogP contribution in [0.1, 0.15) is 38.6 Å². The van der Waals surface area contributed by atoms with Gasteiger partial charge in [0.25, 0.3) is 0 Å². The Morgan fingerprint density at radius 2 is 2.15 bits per heavy atom. The molecule has 0 saturated heterocycles. The van der Waals surface area contributed by atoms with Crippen LogP contribution in [0.25, 0.3) is 11.3 Å². The molecule has 1 N–H and O–H groups in total. The van der Waals surface area contributed by atoms with Gasteiger partial charge in [-0.3, -0.25) is 4.79 Å². The molecule has 0 bridgehead atoms. The molecule has 1 atom stereocenters. The van der Waals surface area contributed by atoms with E-state index in [2.05, 4.69) is 22.3 Å². The number of amides is 1. The van der Waals surface area contributed by atoms with Crippen LogP contribution in [0.15, 0.2) is 47.1 Å². The lowest BCUT2D eigenvalue weighted by Crippen LogP contribution is -2.17. The molecule has 0 aliphatic carbocycles. The minimum Gasteiger partial charge on any atom is -0.441 e. The summed E-state index contributed by atoms with van der Waals surface area (Å²) in [5.74, 6) is 0.901. The van der Waals surface area contributed by atoms with Crippen LogP contribution in [-0.2, 0) is 11.2 Å². The summed E-state index contributed by atoms with van der Waals surface area (Å²) in [4.78, 5) is 16.3. The number of anilines is 1. The van der Waals surface area contributed by atoms with Gasteiger partial charge >= 0.3 is 0 Å². The first-order valence-electron chi connectivity index (χ1n) is 8.61. The number of carbonyl (C=O) groups excluding carboxylic acids is 1. The Morgan fingerprint density at radius 1 is 1.35 bits per heavy atom. The molecule has 0 radical (unpaired) electrons. The molecule has 3 rings (SSSR count). The highest BCUT2D eigenvalue weighted by Crippen LogP contribution is 2.23. The summed E-state index contributed by atoms with van der Waals surface area (Å²) in [6.45, 7) is 4.10. The third-order valence-electron chi connectivity index (χ3n) is 4.20. The largest absolute Gasteiger partial charge is 0.441 e. The molecule has 2 heterocycles. The molecular formula is C19H21FN4O2. The SMILES string of the molecule is CCC(C)n1nccc1NC(=O)CCc1ncc(-c2ccccc2F)o1. The first-order valence-corrected chi connectivity index (χ1v) is 8.61. The third-order valence-corrected chi connectivity index (χ3v) is 4.20. The molecule has 1 amide bonds. The second-order valence-corrected chi connectivity index (χ2v) is 6.06. The summed E-state index contributed by atoms with van der Waals surface area (Å²) in [6, 6.07) is 8.31. The highest BCUT2D eigenvalue weighted by atomic mass is 19.1. The quantitative estimate of drug-likeness (QED) is 0.688. The lowest BCUT2D eigenvalue weighted by Gasteiger charge is -2.13. The number of nitrogens with one attached hydrogen (secondary N) is 1. The van der Waals surface area contributed by atoms with Gasteiger partial charge in [-0.1, -0.05) is 19.1 Å². The Hall–Kier alpha value is -2.96. The van der Waals surface area contributed by atoms with Gasteiger partial charge in [-0.2, -0.15) is 5.10 Å². The van der Waals surface area contributed by atoms with E-state index in [4.69, 9.17) is 4.42 Å². The summed E-state index contributed by atoms with van der Waals surface area (Å²) in [5.41, 5.74) is 0.355. The van der Waals surface area contributed by atoms with E-state index in [0.29, 0.717) is 29.5 Å². The van der Waals surface area contributed by atoms with Gasteiger partial charge in [0.15, 0.2) is 11.7 Å². The van der Waals surface area contributed by atoms with Gasteiger partial charge in [0.05, 0.1) is 24.0 Å². The summed E-state index contributed by atoms with van der Waals surface area (Å²) in [7, 11) is 0. The minimum atomic E-state index is -0.369. The predicted molar refractivity (Wildman–Crippen MR) is 96.1 cm³/mol. The fourth-order valence-electron chi connectivity index (χ4n) is 2.57. The number of carbonyl (C=O) groups is 1. The van der Waals surface area contributed by atoms with Gasteiger partial charge in [-0.25, -0.2) is 14.1 Å². The van der Waals surface area contributed by atoms with E-state index in [1.54, 1.807) is 35.1 Å². The number of rotatable bonds is 7. The van der Waals surface area contributed by atoms with Gasteiger partial charge in [-0.05, 0) is 25.5 Å². The summed E-state index contributed by atoms with van der Waals surface area (Å²) >= 11 is 0. The van der Waals surface area contributed by atoms with E-state index in [1.165, 1.54) is 12.3 Å². The Kier molecular flexibility index (Phi) is 5.46. The molecule has 1 aromatic carbocycles. The van der Waals surface area contributed by atoms with Crippen molar-refractivity contribution < 1.29 is 13.6 Å². The number of halogens is 1. The van der Waals surface area contributed by atoms with Crippen molar-refractivity contribution in [3.8, 4) is 11.3 Å². The minimum absolute atomic E-state index is 0.152. The van der Waals surface area contributed by atoms with Gasteiger partial charge < -0.3 is 9.73 Å². The number of aromatic nitrogens is 3. The highest BCUT2D eigenvalue weighted by molar-refractivity contribution is 5.89. The second kappa shape index (κ2) is 7.95. The van der Waals surface area contributed by atoms with Crippen LogP contribution in [0.3, 0.4) is 0 Å². The molecule has 0 saturated carbocycles. The monoisotopic (exact) mass is 356 g/mol. The number of benzene rings is 1. The number of nitrogens with zero attached hydrogens (tertiary/aromatic N) is 3. The van der Waals surface area contributed by atoms with Gasteiger partial charge in [-0.15, -0.1) is 0 Å². The summed E-state index contributed by atoms with van der Waals surface area (Å²) in [6.07, 6.45) is 4.60. The topological polar surface area (TPSA) is 73.0 Å². The Labute approximate surface area is 151 Å². The van der Waals surface area contributed by atoms with E-state index < -0.39 is 0 Å². The molecule has 3 aromatic rings. The van der Waals surface area contributed by atoms with Crippen LogP contribution in [0.4, 0.5) is 10.2 Å². The number of hydrogen-bond donors (Lipinski definition) is 1. The van der Waals surface area contributed by atoms with Crippen molar-refractivity contribution in [1.82, 2.24) is 14.8 Å².